The topological polar surface area (TPSA) is 29.1 Å². The van der Waals surface area contributed by atoms with E-state index in [1.165, 1.54) is 5.56 Å². The Bertz CT molecular complexity index is 619. The van der Waals surface area contributed by atoms with Gasteiger partial charge in [0.25, 0.3) is 0 Å². The molecule has 2 aromatic carbocycles. The van der Waals surface area contributed by atoms with Crippen molar-refractivity contribution in [2.75, 3.05) is 5.32 Å². The maximum atomic E-state index is 12.1. The second kappa shape index (κ2) is 4.25. The number of halogens is 1. The fourth-order valence-corrected chi connectivity index (χ4v) is 2.95. The number of fused-ring (bicyclic) bond motifs is 1. The van der Waals surface area contributed by atoms with Gasteiger partial charge < -0.3 is 5.32 Å². The van der Waals surface area contributed by atoms with E-state index < -0.39 is 0 Å². The molecule has 1 unspecified atom stereocenters. The molecule has 1 aliphatic rings. The molecule has 0 spiro atoms. The summed E-state index contributed by atoms with van der Waals surface area (Å²) in [5.74, 6) is -0.170. The molecule has 18 heavy (non-hydrogen) atoms. The van der Waals surface area contributed by atoms with Crippen molar-refractivity contribution in [2.24, 2.45) is 0 Å². The number of hydrogen-bond acceptors (Lipinski definition) is 1. The van der Waals surface area contributed by atoms with E-state index in [9.17, 15) is 4.79 Å². The van der Waals surface area contributed by atoms with Gasteiger partial charge in [-0.3, -0.25) is 4.79 Å². The monoisotopic (exact) mass is 301 g/mol. The smallest absolute Gasteiger partial charge is 0.236 e. The number of hydrogen-bond donors (Lipinski definition) is 1. The minimum absolute atomic E-state index is 0.0424. The van der Waals surface area contributed by atoms with Crippen LogP contribution in [-0.4, -0.2) is 5.91 Å². The van der Waals surface area contributed by atoms with Gasteiger partial charge in [-0.15, -0.1) is 0 Å². The van der Waals surface area contributed by atoms with Crippen LogP contribution in [-0.2, 0) is 4.79 Å². The quantitative estimate of drug-likeness (QED) is 0.852. The molecule has 0 fully saturated rings. The first-order valence-corrected chi connectivity index (χ1v) is 6.62. The van der Waals surface area contributed by atoms with E-state index in [1.54, 1.807) is 0 Å². The lowest BCUT2D eigenvalue weighted by molar-refractivity contribution is -0.116. The van der Waals surface area contributed by atoms with Crippen LogP contribution in [0.1, 0.15) is 22.6 Å². The Morgan fingerprint density at radius 3 is 2.56 bits per heavy atom. The summed E-state index contributed by atoms with van der Waals surface area (Å²) in [6.07, 6.45) is 0. The van der Waals surface area contributed by atoms with E-state index in [0.29, 0.717) is 0 Å². The molecule has 0 aliphatic carbocycles. The molecule has 0 radical (unpaired) electrons. The standard InChI is InChI=1S/C15H12BrNO/c1-9-5-7-10(8-6-9)13-14-11(16)3-2-4-12(14)17-15(13)18/h2-8,13H,1H3,(H,17,18). The maximum absolute atomic E-state index is 12.1. The third-order valence-corrected chi connectivity index (χ3v) is 3.96. The van der Waals surface area contributed by atoms with Crippen molar-refractivity contribution in [1.29, 1.82) is 0 Å². The van der Waals surface area contributed by atoms with Gasteiger partial charge >= 0.3 is 0 Å². The molecule has 1 N–H and O–H groups in total. The lowest BCUT2D eigenvalue weighted by atomic mass is 9.92. The second-order valence-electron chi connectivity index (χ2n) is 4.53. The first-order chi connectivity index (χ1) is 8.66. The van der Waals surface area contributed by atoms with Crippen molar-refractivity contribution in [1.82, 2.24) is 0 Å². The highest BCUT2D eigenvalue weighted by Crippen LogP contribution is 2.41. The Balaban J connectivity index is 2.14. The molecule has 2 aromatic rings. The van der Waals surface area contributed by atoms with Crippen LogP contribution in [0.25, 0.3) is 0 Å². The number of amides is 1. The van der Waals surface area contributed by atoms with Gasteiger partial charge in [0.2, 0.25) is 5.91 Å². The highest BCUT2D eigenvalue weighted by atomic mass is 79.9. The van der Waals surface area contributed by atoms with Crippen LogP contribution < -0.4 is 5.32 Å². The summed E-state index contributed by atoms with van der Waals surface area (Å²) in [6.45, 7) is 2.04. The first-order valence-electron chi connectivity index (χ1n) is 5.82. The first kappa shape index (κ1) is 11.5. The van der Waals surface area contributed by atoms with Crippen molar-refractivity contribution in [2.45, 2.75) is 12.8 Å². The van der Waals surface area contributed by atoms with Gasteiger partial charge in [-0.1, -0.05) is 51.8 Å². The Morgan fingerprint density at radius 2 is 1.83 bits per heavy atom. The summed E-state index contributed by atoms with van der Waals surface area (Å²) in [4.78, 5) is 12.1. The van der Waals surface area contributed by atoms with Gasteiger partial charge in [0.05, 0.1) is 5.92 Å². The summed E-state index contributed by atoms with van der Waals surface area (Å²) in [6, 6.07) is 14.0. The van der Waals surface area contributed by atoms with Gasteiger partial charge in [0, 0.05) is 15.7 Å². The molecule has 2 nitrogen and oxygen atoms in total. The highest BCUT2D eigenvalue weighted by Gasteiger charge is 2.33. The van der Waals surface area contributed by atoms with E-state index in [4.69, 9.17) is 0 Å². The second-order valence-corrected chi connectivity index (χ2v) is 5.39. The van der Waals surface area contributed by atoms with Crippen LogP contribution in [0.15, 0.2) is 46.9 Å². The number of carbonyl (C=O) groups excluding carboxylic acids is 1. The summed E-state index contributed by atoms with van der Waals surface area (Å²) < 4.78 is 0.976. The molecular weight excluding hydrogens is 290 g/mol. The minimum atomic E-state index is -0.212. The van der Waals surface area contributed by atoms with E-state index >= 15 is 0 Å². The van der Waals surface area contributed by atoms with Crippen molar-refractivity contribution >= 4 is 27.5 Å². The number of benzene rings is 2. The summed E-state index contributed by atoms with van der Waals surface area (Å²) in [5, 5.41) is 2.93. The van der Waals surface area contributed by atoms with Crippen LogP contribution in [0.4, 0.5) is 5.69 Å². The van der Waals surface area contributed by atoms with Gasteiger partial charge in [0.15, 0.2) is 0 Å². The highest BCUT2D eigenvalue weighted by molar-refractivity contribution is 9.10. The minimum Gasteiger partial charge on any atom is -0.325 e. The number of rotatable bonds is 1. The average molecular weight is 302 g/mol. The Kier molecular flexibility index (Phi) is 2.71. The van der Waals surface area contributed by atoms with Gasteiger partial charge in [-0.2, -0.15) is 0 Å². The van der Waals surface area contributed by atoms with E-state index in [1.807, 2.05) is 49.4 Å². The zero-order valence-electron chi connectivity index (χ0n) is 9.91. The van der Waals surface area contributed by atoms with Crippen molar-refractivity contribution in [3.8, 4) is 0 Å². The number of nitrogens with one attached hydrogen (secondary N) is 1. The van der Waals surface area contributed by atoms with Crippen molar-refractivity contribution in [3.05, 3.63) is 63.6 Å². The third kappa shape index (κ3) is 1.75. The average Bonchev–Trinajstić information content (AvgIpc) is 2.68. The van der Waals surface area contributed by atoms with Gasteiger partial charge in [-0.05, 0) is 24.6 Å². The van der Waals surface area contributed by atoms with Crippen molar-refractivity contribution < 1.29 is 4.79 Å². The fourth-order valence-electron chi connectivity index (χ4n) is 2.35. The van der Waals surface area contributed by atoms with Crippen LogP contribution in [0.5, 0.6) is 0 Å². The van der Waals surface area contributed by atoms with Gasteiger partial charge in [-0.25, -0.2) is 0 Å². The number of aryl methyl sites for hydroxylation is 1. The molecule has 0 aromatic heterocycles. The van der Waals surface area contributed by atoms with Crippen LogP contribution in [0, 0.1) is 6.92 Å². The van der Waals surface area contributed by atoms with E-state index in [2.05, 4.69) is 21.2 Å². The molecule has 0 saturated carbocycles. The fraction of sp³-hybridized carbons (Fsp3) is 0.133. The molecule has 3 rings (SSSR count). The summed E-state index contributed by atoms with van der Waals surface area (Å²) >= 11 is 3.53. The Hall–Kier alpha value is -1.61. The molecule has 0 bridgehead atoms. The molecular formula is C15H12BrNO. The lowest BCUT2D eigenvalue weighted by Crippen LogP contribution is -2.13. The van der Waals surface area contributed by atoms with Crippen LogP contribution >= 0.6 is 15.9 Å². The third-order valence-electron chi connectivity index (χ3n) is 3.27. The molecule has 1 aliphatic heterocycles. The molecule has 3 heteroatoms. The normalized spacial score (nSPS) is 17.4. The predicted octanol–water partition coefficient (Wildman–Crippen LogP) is 3.84. The van der Waals surface area contributed by atoms with Crippen molar-refractivity contribution in [3.63, 3.8) is 0 Å². The summed E-state index contributed by atoms with van der Waals surface area (Å²) in [5.41, 5.74) is 4.17. The Morgan fingerprint density at radius 1 is 1.11 bits per heavy atom. The molecule has 90 valence electrons. The lowest BCUT2D eigenvalue weighted by Gasteiger charge is -2.11. The molecule has 1 heterocycles. The largest absolute Gasteiger partial charge is 0.325 e. The van der Waals surface area contributed by atoms with Gasteiger partial charge in [0.1, 0.15) is 0 Å². The maximum Gasteiger partial charge on any atom is 0.236 e. The van der Waals surface area contributed by atoms with E-state index in [-0.39, 0.29) is 11.8 Å². The molecule has 0 saturated heterocycles. The number of carbonyl (C=O) groups is 1. The van der Waals surface area contributed by atoms with E-state index in [0.717, 1.165) is 21.3 Å². The van der Waals surface area contributed by atoms with Crippen LogP contribution in [0.2, 0.25) is 0 Å². The molecule has 1 atom stereocenters. The SMILES string of the molecule is Cc1ccc(C2C(=O)Nc3cccc(Br)c32)cc1. The zero-order valence-corrected chi connectivity index (χ0v) is 11.5. The summed E-state index contributed by atoms with van der Waals surface area (Å²) in [7, 11) is 0. The zero-order chi connectivity index (χ0) is 12.7. The number of anilines is 1. The van der Waals surface area contributed by atoms with Crippen LogP contribution in [0.3, 0.4) is 0 Å². The molecule has 1 amide bonds. The Labute approximate surface area is 114 Å². The predicted molar refractivity (Wildman–Crippen MR) is 75.8 cm³/mol.